The number of rotatable bonds is 1. The van der Waals surface area contributed by atoms with Crippen molar-refractivity contribution in [2.45, 2.75) is 6.18 Å². The molecular formula is C14H10F3N. The van der Waals surface area contributed by atoms with Gasteiger partial charge in [-0.2, -0.15) is 13.2 Å². The first-order chi connectivity index (χ1) is 8.57. The number of hydrogen-bond donors (Lipinski definition) is 0. The molecule has 1 nitrogen and oxygen atoms in total. The maximum atomic E-state index is 12.5. The summed E-state index contributed by atoms with van der Waals surface area (Å²) >= 11 is 0. The zero-order valence-electron chi connectivity index (χ0n) is 9.35. The van der Waals surface area contributed by atoms with Crippen LogP contribution in [0.3, 0.4) is 0 Å². The Bertz CT molecular complexity index is 515. The Hall–Kier alpha value is -2.28. The molecule has 2 aromatic carbocycles. The predicted molar refractivity (Wildman–Crippen MR) is 63.6 cm³/mol. The van der Waals surface area contributed by atoms with Gasteiger partial charge in [0.2, 0.25) is 0 Å². The first kappa shape index (κ1) is 13.8. The lowest BCUT2D eigenvalue weighted by Crippen LogP contribution is -2.04. The SMILES string of the molecule is C#N.FC(F)(F)c1cccc(-c2ccccc2)c1. The van der Waals surface area contributed by atoms with Crippen LogP contribution in [-0.4, -0.2) is 0 Å². The molecule has 0 saturated heterocycles. The number of alkyl halides is 3. The Morgan fingerprint density at radius 2 is 1.33 bits per heavy atom. The molecule has 0 radical (unpaired) electrons. The number of nitrogens with zero attached hydrogens (tertiary/aromatic N) is 1. The molecule has 0 N–H and O–H groups in total. The van der Waals surface area contributed by atoms with Crippen LogP contribution in [0, 0.1) is 11.8 Å². The summed E-state index contributed by atoms with van der Waals surface area (Å²) in [5.74, 6) is 0. The largest absolute Gasteiger partial charge is 0.416 e. The Labute approximate surface area is 103 Å². The van der Waals surface area contributed by atoms with Crippen LogP contribution in [0.1, 0.15) is 5.56 Å². The monoisotopic (exact) mass is 249 g/mol. The van der Waals surface area contributed by atoms with E-state index in [1.807, 2.05) is 6.07 Å². The van der Waals surface area contributed by atoms with Crippen LogP contribution in [0.25, 0.3) is 11.1 Å². The van der Waals surface area contributed by atoms with E-state index in [1.54, 1.807) is 30.3 Å². The third-order valence-electron chi connectivity index (χ3n) is 2.30. The summed E-state index contributed by atoms with van der Waals surface area (Å²) in [6.45, 7) is 3.50. The Morgan fingerprint density at radius 1 is 0.778 bits per heavy atom. The van der Waals surface area contributed by atoms with Crippen LogP contribution in [0.2, 0.25) is 0 Å². The summed E-state index contributed by atoms with van der Waals surface area (Å²) in [7, 11) is 0. The van der Waals surface area contributed by atoms with Crippen LogP contribution in [0.15, 0.2) is 54.6 Å². The molecule has 0 heterocycles. The standard InChI is InChI=1S/C13H9F3.CHN/c14-13(15,16)12-8-4-7-11(9-12)10-5-2-1-3-6-10;1-2/h1-9H;1H. The molecule has 92 valence electrons. The highest BCUT2D eigenvalue weighted by Gasteiger charge is 2.30. The van der Waals surface area contributed by atoms with Crippen molar-refractivity contribution < 1.29 is 13.2 Å². The minimum Gasteiger partial charge on any atom is -0.202 e. The normalized spacial score (nSPS) is 10.3. The number of nitriles is 1. The van der Waals surface area contributed by atoms with Crippen LogP contribution in [0.5, 0.6) is 0 Å². The molecule has 0 saturated carbocycles. The van der Waals surface area contributed by atoms with E-state index in [1.165, 1.54) is 6.07 Å². The Balaban J connectivity index is 0.000000771. The van der Waals surface area contributed by atoms with Crippen LogP contribution in [-0.2, 0) is 6.18 Å². The molecule has 0 aliphatic heterocycles. The fraction of sp³-hybridized carbons (Fsp3) is 0.0714. The Kier molecular flexibility index (Phi) is 4.50. The van der Waals surface area contributed by atoms with Crippen LogP contribution in [0.4, 0.5) is 13.2 Å². The first-order valence-corrected chi connectivity index (χ1v) is 5.06. The van der Waals surface area contributed by atoms with Gasteiger partial charge in [0.15, 0.2) is 0 Å². The fourth-order valence-corrected chi connectivity index (χ4v) is 1.51. The van der Waals surface area contributed by atoms with E-state index in [0.29, 0.717) is 5.56 Å². The van der Waals surface area contributed by atoms with Crippen molar-refractivity contribution in [3.8, 4) is 17.7 Å². The average molecular weight is 249 g/mol. The number of benzene rings is 2. The molecule has 0 aliphatic carbocycles. The van der Waals surface area contributed by atoms with Gasteiger partial charge in [-0.1, -0.05) is 42.5 Å². The average Bonchev–Trinajstić information content (AvgIpc) is 2.41. The van der Waals surface area contributed by atoms with Crippen molar-refractivity contribution in [2.75, 3.05) is 0 Å². The third-order valence-corrected chi connectivity index (χ3v) is 2.30. The van der Waals surface area contributed by atoms with Crippen molar-refractivity contribution >= 4 is 0 Å². The highest BCUT2D eigenvalue weighted by molar-refractivity contribution is 5.64. The molecule has 0 unspecified atom stereocenters. The van der Waals surface area contributed by atoms with Crippen LogP contribution < -0.4 is 0 Å². The lowest BCUT2D eigenvalue weighted by Gasteiger charge is -2.08. The van der Waals surface area contributed by atoms with E-state index in [4.69, 9.17) is 5.26 Å². The minimum atomic E-state index is -4.29. The summed E-state index contributed by atoms with van der Waals surface area (Å²) in [4.78, 5) is 0. The van der Waals surface area contributed by atoms with Gasteiger partial charge in [0, 0.05) is 6.57 Å². The second-order valence-electron chi connectivity index (χ2n) is 3.44. The molecule has 4 heteroatoms. The third kappa shape index (κ3) is 3.36. The van der Waals surface area contributed by atoms with Gasteiger partial charge in [-0.3, -0.25) is 0 Å². The summed E-state index contributed by atoms with van der Waals surface area (Å²) in [5, 5.41) is 6.50. The smallest absolute Gasteiger partial charge is 0.202 e. The van der Waals surface area contributed by atoms with E-state index in [0.717, 1.165) is 17.7 Å². The van der Waals surface area contributed by atoms with Gasteiger partial charge in [0.25, 0.3) is 0 Å². The van der Waals surface area contributed by atoms with Gasteiger partial charge < -0.3 is 0 Å². The highest BCUT2D eigenvalue weighted by atomic mass is 19.4. The molecular weight excluding hydrogens is 239 g/mol. The van der Waals surface area contributed by atoms with Crippen molar-refractivity contribution in [3.05, 3.63) is 60.2 Å². The zero-order valence-corrected chi connectivity index (χ0v) is 9.35. The molecule has 0 spiro atoms. The van der Waals surface area contributed by atoms with Gasteiger partial charge in [-0.05, 0) is 23.3 Å². The van der Waals surface area contributed by atoms with Crippen molar-refractivity contribution in [3.63, 3.8) is 0 Å². The minimum absolute atomic E-state index is 0.579. The summed E-state index contributed by atoms with van der Waals surface area (Å²) in [5.41, 5.74) is 0.748. The topological polar surface area (TPSA) is 23.8 Å². The summed E-state index contributed by atoms with van der Waals surface area (Å²) in [6, 6.07) is 14.3. The quantitative estimate of drug-likeness (QED) is 0.729. The molecule has 0 amide bonds. The maximum absolute atomic E-state index is 12.5. The molecule has 0 bridgehead atoms. The van der Waals surface area contributed by atoms with Crippen LogP contribution >= 0.6 is 0 Å². The Morgan fingerprint density at radius 3 is 1.89 bits per heavy atom. The summed E-state index contributed by atoms with van der Waals surface area (Å²) in [6.07, 6.45) is -4.29. The molecule has 0 fully saturated rings. The maximum Gasteiger partial charge on any atom is 0.416 e. The second-order valence-corrected chi connectivity index (χ2v) is 3.44. The summed E-state index contributed by atoms with van der Waals surface area (Å²) < 4.78 is 37.5. The molecule has 2 rings (SSSR count). The van der Waals surface area contributed by atoms with E-state index < -0.39 is 11.7 Å². The molecule has 0 aromatic heterocycles. The number of hydrogen-bond acceptors (Lipinski definition) is 1. The number of halogens is 3. The van der Waals surface area contributed by atoms with Gasteiger partial charge >= 0.3 is 6.18 Å². The zero-order chi connectivity index (χ0) is 13.6. The van der Waals surface area contributed by atoms with Gasteiger partial charge in [-0.25, -0.2) is 5.26 Å². The van der Waals surface area contributed by atoms with Crippen molar-refractivity contribution in [2.24, 2.45) is 0 Å². The molecule has 0 atom stereocenters. The highest BCUT2D eigenvalue weighted by Crippen LogP contribution is 2.31. The van der Waals surface area contributed by atoms with Gasteiger partial charge in [0.1, 0.15) is 0 Å². The van der Waals surface area contributed by atoms with E-state index >= 15 is 0 Å². The first-order valence-electron chi connectivity index (χ1n) is 5.06. The van der Waals surface area contributed by atoms with Gasteiger partial charge in [-0.15, -0.1) is 0 Å². The lowest BCUT2D eigenvalue weighted by molar-refractivity contribution is -0.137. The molecule has 0 aliphatic rings. The molecule has 18 heavy (non-hydrogen) atoms. The van der Waals surface area contributed by atoms with Gasteiger partial charge in [0.05, 0.1) is 5.56 Å². The predicted octanol–water partition coefficient (Wildman–Crippen LogP) is 4.51. The molecule has 2 aromatic rings. The van der Waals surface area contributed by atoms with E-state index in [2.05, 4.69) is 6.57 Å². The van der Waals surface area contributed by atoms with E-state index in [9.17, 15) is 13.2 Å². The second kappa shape index (κ2) is 5.87. The van der Waals surface area contributed by atoms with Crippen molar-refractivity contribution in [1.82, 2.24) is 0 Å². The fourth-order valence-electron chi connectivity index (χ4n) is 1.51. The van der Waals surface area contributed by atoms with E-state index in [-0.39, 0.29) is 0 Å². The lowest BCUT2D eigenvalue weighted by atomic mass is 10.0. The van der Waals surface area contributed by atoms with Crippen molar-refractivity contribution in [1.29, 1.82) is 5.26 Å².